The molecule has 0 aliphatic rings. The van der Waals surface area contributed by atoms with Gasteiger partial charge in [-0.3, -0.25) is 4.57 Å². The van der Waals surface area contributed by atoms with Crippen molar-refractivity contribution in [3.05, 3.63) is 58.9 Å². The SMILES string of the molecule is Cc1cc(C)c(S(=O)(=O)NCCNc2cc(-n3cnc(C)c3C)ncn2)cc1C. The van der Waals surface area contributed by atoms with Gasteiger partial charge in [0, 0.05) is 24.8 Å². The number of hydrogen-bond donors (Lipinski definition) is 2. The zero-order valence-corrected chi connectivity index (χ0v) is 18.1. The molecule has 0 aliphatic carbocycles. The van der Waals surface area contributed by atoms with Crippen LogP contribution in [0.2, 0.25) is 0 Å². The Morgan fingerprint density at radius 1 is 0.897 bits per heavy atom. The molecule has 2 aromatic heterocycles. The molecule has 0 fully saturated rings. The largest absolute Gasteiger partial charge is 0.369 e. The lowest BCUT2D eigenvalue weighted by Gasteiger charge is -2.12. The lowest BCUT2D eigenvalue weighted by atomic mass is 10.1. The maximum atomic E-state index is 12.6. The first-order valence-corrected chi connectivity index (χ1v) is 10.8. The lowest BCUT2D eigenvalue weighted by Crippen LogP contribution is -2.29. The number of hydrogen-bond acceptors (Lipinski definition) is 6. The number of benzene rings is 1. The number of anilines is 1. The number of aryl methyl sites for hydroxylation is 4. The van der Waals surface area contributed by atoms with Crippen molar-refractivity contribution >= 4 is 15.8 Å². The summed E-state index contributed by atoms with van der Waals surface area (Å²) < 4.78 is 29.8. The first-order chi connectivity index (χ1) is 13.7. The summed E-state index contributed by atoms with van der Waals surface area (Å²) in [5.41, 5.74) is 4.71. The van der Waals surface area contributed by atoms with Crippen LogP contribution in [0, 0.1) is 34.6 Å². The van der Waals surface area contributed by atoms with Gasteiger partial charge < -0.3 is 5.32 Å². The van der Waals surface area contributed by atoms with E-state index in [0.717, 1.165) is 28.1 Å². The molecule has 2 heterocycles. The third-order valence-corrected chi connectivity index (χ3v) is 6.56. The summed E-state index contributed by atoms with van der Waals surface area (Å²) in [5.74, 6) is 1.31. The second kappa shape index (κ2) is 8.30. The van der Waals surface area contributed by atoms with Crippen LogP contribution >= 0.6 is 0 Å². The number of nitrogens with zero attached hydrogens (tertiary/aromatic N) is 4. The average molecular weight is 415 g/mol. The van der Waals surface area contributed by atoms with Crippen molar-refractivity contribution in [3.63, 3.8) is 0 Å². The van der Waals surface area contributed by atoms with Gasteiger partial charge in [0.25, 0.3) is 0 Å². The van der Waals surface area contributed by atoms with Gasteiger partial charge in [-0.2, -0.15) is 0 Å². The van der Waals surface area contributed by atoms with Crippen LogP contribution in [0.5, 0.6) is 0 Å². The zero-order valence-electron chi connectivity index (χ0n) is 17.3. The molecule has 0 unspecified atom stereocenters. The highest BCUT2D eigenvalue weighted by Gasteiger charge is 2.17. The van der Waals surface area contributed by atoms with E-state index in [0.29, 0.717) is 23.1 Å². The van der Waals surface area contributed by atoms with Gasteiger partial charge in [-0.15, -0.1) is 0 Å². The molecular weight excluding hydrogens is 388 g/mol. The number of rotatable bonds is 7. The summed E-state index contributed by atoms with van der Waals surface area (Å²) in [5, 5.41) is 3.13. The predicted molar refractivity (Wildman–Crippen MR) is 113 cm³/mol. The monoisotopic (exact) mass is 414 g/mol. The minimum Gasteiger partial charge on any atom is -0.369 e. The van der Waals surface area contributed by atoms with E-state index in [4.69, 9.17) is 0 Å². The van der Waals surface area contributed by atoms with Gasteiger partial charge in [0.2, 0.25) is 10.0 Å². The number of sulfonamides is 1. The van der Waals surface area contributed by atoms with Crippen molar-refractivity contribution < 1.29 is 8.42 Å². The topological polar surface area (TPSA) is 102 Å². The van der Waals surface area contributed by atoms with Crippen molar-refractivity contribution in [3.8, 4) is 5.82 Å². The molecule has 0 saturated heterocycles. The normalized spacial score (nSPS) is 11.6. The van der Waals surface area contributed by atoms with Gasteiger partial charge in [0.1, 0.15) is 24.3 Å². The first kappa shape index (κ1) is 20.9. The van der Waals surface area contributed by atoms with Crippen LogP contribution in [0.25, 0.3) is 5.82 Å². The van der Waals surface area contributed by atoms with E-state index in [1.54, 1.807) is 18.5 Å². The van der Waals surface area contributed by atoms with Crippen LogP contribution in [0.4, 0.5) is 5.82 Å². The van der Waals surface area contributed by atoms with Crippen LogP contribution in [-0.2, 0) is 10.0 Å². The van der Waals surface area contributed by atoms with E-state index in [-0.39, 0.29) is 6.54 Å². The van der Waals surface area contributed by atoms with Gasteiger partial charge >= 0.3 is 0 Å². The van der Waals surface area contributed by atoms with Crippen LogP contribution in [0.1, 0.15) is 28.1 Å². The molecular formula is C20H26N6O2S. The molecule has 9 heteroatoms. The van der Waals surface area contributed by atoms with Gasteiger partial charge in [-0.05, 0) is 57.4 Å². The van der Waals surface area contributed by atoms with E-state index in [2.05, 4.69) is 25.0 Å². The highest BCUT2D eigenvalue weighted by molar-refractivity contribution is 7.89. The summed E-state index contributed by atoms with van der Waals surface area (Å²) in [6.07, 6.45) is 3.19. The summed E-state index contributed by atoms with van der Waals surface area (Å²) in [6.45, 7) is 10.2. The third kappa shape index (κ3) is 4.63. The Bertz CT molecular complexity index is 1140. The zero-order chi connectivity index (χ0) is 21.2. The second-order valence-electron chi connectivity index (χ2n) is 7.07. The summed E-state index contributed by atoms with van der Waals surface area (Å²) >= 11 is 0. The minimum absolute atomic E-state index is 0.233. The molecule has 8 nitrogen and oxygen atoms in total. The molecule has 1 aromatic carbocycles. The van der Waals surface area contributed by atoms with Gasteiger partial charge in [0.15, 0.2) is 0 Å². The first-order valence-electron chi connectivity index (χ1n) is 9.33. The van der Waals surface area contributed by atoms with Crippen molar-refractivity contribution in [1.82, 2.24) is 24.2 Å². The highest BCUT2D eigenvalue weighted by Crippen LogP contribution is 2.19. The Morgan fingerprint density at radius 2 is 1.62 bits per heavy atom. The molecule has 0 bridgehead atoms. The number of nitrogens with one attached hydrogen (secondary N) is 2. The van der Waals surface area contributed by atoms with Crippen molar-refractivity contribution in [2.45, 2.75) is 39.5 Å². The van der Waals surface area contributed by atoms with Crippen LogP contribution in [0.15, 0.2) is 35.7 Å². The maximum Gasteiger partial charge on any atom is 0.240 e. The molecule has 0 amide bonds. The van der Waals surface area contributed by atoms with E-state index in [1.165, 1.54) is 6.33 Å². The maximum absolute atomic E-state index is 12.6. The van der Waals surface area contributed by atoms with Crippen molar-refractivity contribution in [2.24, 2.45) is 0 Å². The van der Waals surface area contributed by atoms with Crippen LogP contribution in [0.3, 0.4) is 0 Å². The van der Waals surface area contributed by atoms with Crippen molar-refractivity contribution in [1.29, 1.82) is 0 Å². The molecule has 3 aromatic rings. The average Bonchev–Trinajstić information content (AvgIpc) is 3.01. The Labute approximate surface area is 171 Å². The fourth-order valence-corrected chi connectivity index (χ4v) is 4.32. The smallest absolute Gasteiger partial charge is 0.240 e. The molecule has 154 valence electrons. The highest BCUT2D eigenvalue weighted by atomic mass is 32.2. The Kier molecular flexibility index (Phi) is 5.99. The molecule has 0 radical (unpaired) electrons. The number of aromatic nitrogens is 4. The molecule has 29 heavy (non-hydrogen) atoms. The fraction of sp³-hybridized carbons (Fsp3) is 0.350. The molecule has 2 N–H and O–H groups in total. The fourth-order valence-electron chi connectivity index (χ4n) is 2.98. The van der Waals surface area contributed by atoms with Crippen molar-refractivity contribution in [2.75, 3.05) is 18.4 Å². The quantitative estimate of drug-likeness (QED) is 0.576. The molecule has 3 rings (SSSR count). The lowest BCUT2D eigenvalue weighted by molar-refractivity contribution is 0.582. The third-order valence-electron chi connectivity index (χ3n) is 4.96. The van der Waals surface area contributed by atoms with Gasteiger partial charge in [-0.25, -0.2) is 28.1 Å². The van der Waals surface area contributed by atoms with Crippen LogP contribution in [-0.4, -0.2) is 41.0 Å². The van der Waals surface area contributed by atoms with Gasteiger partial charge in [-0.1, -0.05) is 6.07 Å². The van der Waals surface area contributed by atoms with E-state index in [1.807, 2.05) is 45.3 Å². The van der Waals surface area contributed by atoms with E-state index < -0.39 is 10.0 Å². The van der Waals surface area contributed by atoms with E-state index in [9.17, 15) is 8.42 Å². The van der Waals surface area contributed by atoms with Gasteiger partial charge in [0.05, 0.1) is 10.6 Å². The molecule has 0 saturated carbocycles. The second-order valence-corrected chi connectivity index (χ2v) is 8.81. The van der Waals surface area contributed by atoms with E-state index >= 15 is 0 Å². The molecule has 0 spiro atoms. The Morgan fingerprint density at radius 3 is 2.31 bits per heavy atom. The summed E-state index contributed by atoms with van der Waals surface area (Å²) in [4.78, 5) is 13.1. The Hall–Kier alpha value is -2.78. The predicted octanol–water partition coefficient (Wildman–Crippen LogP) is 2.59. The molecule has 0 aliphatic heterocycles. The number of imidazole rings is 1. The standard InChI is InChI=1S/C20H26N6O2S/c1-13-8-15(3)18(9-14(13)2)29(27,28)25-7-6-21-19-10-20(23-11-22-19)26-12-24-16(4)17(26)5/h8-12,25H,6-7H2,1-5H3,(H,21,22,23). The summed E-state index contributed by atoms with van der Waals surface area (Å²) in [6, 6.07) is 5.41. The van der Waals surface area contributed by atoms with Crippen LogP contribution < -0.4 is 10.0 Å². The Balaban J connectivity index is 1.63. The minimum atomic E-state index is -3.57. The summed E-state index contributed by atoms with van der Waals surface area (Å²) in [7, 11) is -3.57. The molecule has 0 atom stereocenters.